The van der Waals surface area contributed by atoms with Crippen LogP contribution in [0.3, 0.4) is 0 Å². The molecule has 0 fully saturated rings. The summed E-state index contributed by atoms with van der Waals surface area (Å²) in [7, 11) is 1.43. The van der Waals surface area contributed by atoms with Gasteiger partial charge in [0.2, 0.25) is 0 Å². The van der Waals surface area contributed by atoms with Gasteiger partial charge in [-0.15, -0.1) is 0 Å². The number of hydrogen-bond donors (Lipinski definition) is 1. The molecule has 0 bridgehead atoms. The molecular weight excluding hydrogens is 281 g/mol. The fourth-order valence-corrected chi connectivity index (χ4v) is 2.85. The number of nitrogens with one attached hydrogen (secondary N) is 1. The third-order valence-electron chi connectivity index (χ3n) is 1.96. The van der Waals surface area contributed by atoms with E-state index in [9.17, 15) is 8.42 Å². The van der Waals surface area contributed by atoms with Crippen molar-refractivity contribution in [2.75, 3.05) is 0 Å². The van der Waals surface area contributed by atoms with Gasteiger partial charge < -0.3 is 4.98 Å². The van der Waals surface area contributed by atoms with Crippen LogP contribution in [0.25, 0.3) is 10.9 Å². The second kappa shape index (κ2) is 3.56. The molecule has 1 aromatic heterocycles. The van der Waals surface area contributed by atoms with E-state index in [0.29, 0.717) is 15.9 Å². The van der Waals surface area contributed by atoms with Crippen LogP contribution in [0.2, 0.25) is 10.0 Å². The van der Waals surface area contributed by atoms with E-state index in [4.69, 9.17) is 33.9 Å². The summed E-state index contributed by atoms with van der Waals surface area (Å²) in [6.45, 7) is 0. The monoisotopic (exact) mass is 283 g/mol. The Hall–Kier alpha value is -0.420. The normalized spacial score (nSPS) is 12.2. The first-order valence-corrected chi connectivity index (χ1v) is 6.87. The lowest BCUT2D eigenvalue weighted by Crippen LogP contribution is -1.92. The highest BCUT2D eigenvalue weighted by Crippen LogP contribution is 2.35. The summed E-state index contributed by atoms with van der Waals surface area (Å²) < 4.78 is 22.5. The number of rotatable bonds is 1. The van der Waals surface area contributed by atoms with Crippen LogP contribution in [0.15, 0.2) is 23.2 Å². The van der Waals surface area contributed by atoms with E-state index in [1.54, 1.807) is 12.3 Å². The number of aromatic amines is 1. The molecule has 2 aromatic rings. The van der Waals surface area contributed by atoms with Gasteiger partial charge in [0.25, 0.3) is 9.05 Å². The molecule has 3 nitrogen and oxygen atoms in total. The number of halogens is 3. The van der Waals surface area contributed by atoms with Gasteiger partial charge in [-0.3, -0.25) is 0 Å². The highest BCUT2D eigenvalue weighted by molar-refractivity contribution is 8.14. The molecule has 0 aliphatic carbocycles. The topological polar surface area (TPSA) is 49.9 Å². The summed E-state index contributed by atoms with van der Waals surface area (Å²) in [5.74, 6) is 0. The Kier molecular flexibility index (Phi) is 2.63. The first kappa shape index (κ1) is 11.1. The lowest BCUT2D eigenvalue weighted by atomic mass is 10.2. The molecule has 0 radical (unpaired) electrons. The zero-order valence-electron chi connectivity index (χ0n) is 7.09. The molecule has 0 spiro atoms. The standard InChI is InChI=1S/C8H4Cl3NO2S/c9-5-3-6(15(11,13)14)8-4(7(5)10)1-2-12-8/h1-3,12H. The van der Waals surface area contributed by atoms with Crippen molar-refractivity contribution in [3.8, 4) is 0 Å². The average molecular weight is 285 g/mol. The van der Waals surface area contributed by atoms with E-state index in [1.165, 1.54) is 6.07 Å². The van der Waals surface area contributed by atoms with Gasteiger partial charge in [-0.1, -0.05) is 23.2 Å². The van der Waals surface area contributed by atoms with Crippen molar-refractivity contribution in [1.82, 2.24) is 4.98 Å². The molecular formula is C8H4Cl3NO2S. The van der Waals surface area contributed by atoms with E-state index in [1.807, 2.05) is 0 Å². The molecule has 0 aliphatic rings. The lowest BCUT2D eigenvalue weighted by Gasteiger charge is -2.02. The Balaban J connectivity index is 2.99. The Morgan fingerprint density at radius 2 is 1.93 bits per heavy atom. The zero-order chi connectivity index (χ0) is 11.2. The van der Waals surface area contributed by atoms with Gasteiger partial charge in [0.15, 0.2) is 0 Å². The van der Waals surface area contributed by atoms with Gasteiger partial charge in [0, 0.05) is 22.3 Å². The van der Waals surface area contributed by atoms with Crippen molar-refractivity contribution in [2.24, 2.45) is 0 Å². The highest BCUT2D eigenvalue weighted by Gasteiger charge is 2.19. The molecule has 0 aliphatic heterocycles. The summed E-state index contributed by atoms with van der Waals surface area (Å²) in [6, 6.07) is 2.86. The average Bonchev–Trinajstić information content (AvgIpc) is 2.57. The van der Waals surface area contributed by atoms with Gasteiger partial charge in [0.05, 0.1) is 15.6 Å². The number of benzene rings is 1. The predicted molar refractivity (Wildman–Crippen MR) is 61.4 cm³/mol. The van der Waals surface area contributed by atoms with Gasteiger partial charge in [-0.2, -0.15) is 0 Å². The largest absolute Gasteiger partial charge is 0.360 e. The lowest BCUT2D eigenvalue weighted by molar-refractivity contribution is 0.610. The first-order valence-electron chi connectivity index (χ1n) is 3.81. The summed E-state index contributed by atoms with van der Waals surface area (Å²) in [6.07, 6.45) is 1.57. The summed E-state index contributed by atoms with van der Waals surface area (Å²) in [5, 5.41) is 0.989. The zero-order valence-corrected chi connectivity index (χ0v) is 10.2. The first-order chi connectivity index (χ1) is 6.91. The Morgan fingerprint density at radius 1 is 1.27 bits per heavy atom. The van der Waals surface area contributed by atoms with Crippen molar-refractivity contribution in [3.63, 3.8) is 0 Å². The molecule has 15 heavy (non-hydrogen) atoms. The van der Waals surface area contributed by atoms with Gasteiger partial charge in [-0.25, -0.2) is 8.42 Å². The van der Waals surface area contributed by atoms with Crippen molar-refractivity contribution in [1.29, 1.82) is 0 Å². The summed E-state index contributed by atoms with van der Waals surface area (Å²) in [4.78, 5) is 2.69. The van der Waals surface area contributed by atoms with Crippen LogP contribution in [0.5, 0.6) is 0 Å². The molecule has 0 atom stereocenters. The number of H-pyrrole nitrogens is 1. The van der Waals surface area contributed by atoms with Crippen LogP contribution in [-0.4, -0.2) is 13.4 Å². The quantitative estimate of drug-likeness (QED) is 0.816. The highest BCUT2D eigenvalue weighted by atomic mass is 35.7. The van der Waals surface area contributed by atoms with Crippen LogP contribution in [0.1, 0.15) is 0 Å². The minimum atomic E-state index is -3.84. The number of fused-ring (bicyclic) bond motifs is 1. The van der Waals surface area contributed by atoms with Crippen LogP contribution in [0, 0.1) is 0 Å². The van der Waals surface area contributed by atoms with E-state index in [-0.39, 0.29) is 9.92 Å². The fourth-order valence-electron chi connectivity index (χ4n) is 1.33. The molecule has 0 saturated heterocycles. The Morgan fingerprint density at radius 3 is 2.53 bits per heavy atom. The molecule has 1 N–H and O–H groups in total. The molecule has 1 aromatic carbocycles. The summed E-state index contributed by atoms with van der Waals surface area (Å²) in [5.41, 5.74) is 0.361. The minimum absolute atomic E-state index is 0.0708. The summed E-state index contributed by atoms with van der Waals surface area (Å²) >= 11 is 11.7. The third-order valence-corrected chi connectivity index (χ3v) is 4.11. The van der Waals surface area contributed by atoms with E-state index in [0.717, 1.165) is 0 Å². The maximum atomic E-state index is 11.3. The van der Waals surface area contributed by atoms with Crippen molar-refractivity contribution < 1.29 is 8.42 Å². The number of hydrogen-bond acceptors (Lipinski definition) is 2. The molecule has 7 heteroatoms. The molecule has 0 amide bonds. The fraction of sp³-hybridized carbons (Fsp3) is 0. The van der Waals surface area contributed by atoms with Gasteiger partial charge in [-0.05, 0) is 12.1 Å². The van der Waals surface area contributed by atoms with E-state index >= 15 is 0 Å². The SMILES string of the molecule is O=S(=O)(Cl)c1cc(Cl)c(Cl)c2cc[nH]c12. The van der Waals surface area contributed by atoms with Crippen LogP contribution >= 0.6 is 33.9 Å². The maximum absolute atomic E-state index is 11.3. The van der Waals surface area contributed by atoms with Crippen molar-refractivity contribution >= 4 is 53.8 Å². The van der Waals surface area contributed by atoms with Gasteiger partial charge >= 0.3 is 0 Å². The molecule has 80 valence electrons. The second-order valence-corrected chi connectivity index (χ2v) is 6.19. The van der Waals surface area contributed by atoms with Crippen molar-refractivity contribution in [3.05, 3.63) is 28.4 Å². The smallest absolute Gasteiger partial charge is 0.263 e. The molecule has 0 saturated carbocycles. The molecule has 0 unspecified atom stereocenters. The van der Waals surface area contributed by atoms with Crippen LogP contribution in [0.4, 0.5) is 0 Å². The van der Waals surface area contributed by atoms with Crippen LogP contribution in [-0.2, 0) is 9.05 Å². The molecule has 1 heterocycles. The third kappa shape index (κ3) is 1.83. The van der Waals surface area contributed by atoms with Crippen molar-refractivity contribution in [2.45, 2.75) is 4.90 Å². The van der Waals surface area contributed by atoms with E-state index in [2.05, 4.69) is 4.98 Å². The van der Waals surface area contributed by atoms with Crippen LogP contribution < -0.4 is 0 Å². The minimum Gasteiger partial charge on any atom is -0.360 e. The molecule has 2 rings (SSSR count). The predicted octanol–water partition coefficient (Wildman–Crippen LogP) is 3.40. The van der Waals surface area contributed by atoms with Gasteiger partial charge in [0.1, 0.15) is 4.90 Å². The Bertz CT molecular complexity index is 633. The maximum Gasteiger partial charge on any atom is 0.263 e. The van der Waals surface area contributed by atoms with E-state index < -0.39 is 9.05 Å². The number of aromatic nitrogens is 1. The Labute approximate surface area is 100 Å². The second-order valence-electron chi connectivity index (χ2n) is 2.87.